The van der Waals surface area contributed by atoms with Gasteiger partial charge in [-0.1, -0.05) is 0 Å². The summed E-state index contributed by atoms with van der Waals surface area (Å²) in [6.07, 6.45) is -0.349. The van der Waals surface area contributed by atoms with Crippen molar-refractivity contribution in [2.24, 2.45) is 0 Å². The number of benzene rings is 1. The van der Waals surface area contributed by atoms with Gasteiger partial charge in [0.05, 0.1) is 23.5 Å². The zero-order valence-corrected chi connectivity index (χ0v) is 11.4. The number of piperidine rings is 1. The van der Waals surface area contributed by atoms with Crippen molar-refractivity contribution >= 4 is 17.3 Å². The van der Waals surface area contributed by atoms with Crippen molar-refractivity contribution in [1.82, 2.24) is 0 Å². The summed E-state index contributed by atoms with van der Waals surface area (Å²) in [5, 5.41) is 0. The van der Waals surface area contributed by atoms with Crippen molar-refractivity contribution in [3.63, 3.8) is 0 Å². The lowest BCUT2D eigenvalue weighted by atomic mass is 10.0. The molecule has 6 heteroatoms. The van der Waals surface area contributed by atoms with Crippen molar-refractivity contribution in [1.29, 1.82) is 0 Å². The fourth-order valence-electron chi connectivity index (χ4n) is 2.26. The molecule has 0 bridgehead atoms. The predicted molar refractivity (Wildman–Crippen MR) is 73.2 cm³/mol. The van der Waals surface area contributed by atoms with Gasteiger partial charge in [-0.05, 0) is 25.1 Å². The van der Waals surface area contributed by atoms with Gasteiger partial charge in [-0.3, -0.25) is 0 Å². The molecule has 1 fully saturated rings. The van der Waals surface area contributed by atoms with Crippen LogP contribution >= 0.6 is 0 Å². The fraction of sp³-hybridized carbons (Fsp3) is 0.500. The molecule has 20 heavy (non-hydrogen) atoms. The number of rotatable bonds is 3. The van der Waals surface area contributed by atoms with E-state index in [1.165, 1.54) is 6.07 Å². The molecule has 0 aliphatic carbocycles. The first-order chi connectivity index (χ1) is 9.43. The van der Waals surface area contributed by atoms with Crippen LogP contribution in [0.2, 0.25) is 0 Å². The first-order valence-corrected chi connectivity index (χ1v) is 6.62. The summed E-state index contributed by atoms with van der Waals surface area (Å²) < 4.78 is 31.1. The molecule has 0 aromatic heterocycles. The van der Waals surface area contributed by atoms with E-state index in [2.05, 4.69) is 0 Å². The van der Waals surface area contributed by atoms with Crippen LogP contribution in [-0.2, 0) is 4.74 Å². The lowest BCUT2D eigenvalue weighted by Crippen LogP contribution is -2.39. The number of hydrogen-bond acceptors (Lipinski definition) is 4. The summed E-state index contributed by atoms with van der Waals surface area (Å²) in [6, 6.07) is 4.82. The number of carbonyl (C=O) groups excluding carboxylic acids is 1. The van der Waals surface area contributed by atoms with Crippen LogP contribution in [0.1, 0.15) is 30.1 Å². The molecule has 1 aliphatic rings. The minimum atomic E-state index is -2.59. The van der Waals surface area contributed by atoms with Crippen molar-refractivity contribution in [3.05, 3.63) is 23.8 Å². The molecular formula is C14H18F2N2O2. The number of carbonyl (C=O) groups is 1. The highest BCUT2D eigenvalue weighted by atomic mass is 19.3. The minimum absolute atomic E-state index is 0.175. The Kier molecular flexibility index (Phi) is 4.11. The lowest BCUT2D eigenvalue weighted by Gasteiger charge is -2.34. The van der Waals surface area contributed by atoms with E-state index in [0.717, 1.165) is 0 Å². The van der Waals surface area contributed by atoms with Gasteiger partial charge in [-0.25, -0.2) is 13.6 Å². The van der Waals surface area contributed by atoms with Crippen LogP contribution in [0.3, 0.4) is 0 Å². The first kappa shape index (κ1) is 14.6. The topological polar surface area (TPSA) is 55.6 Å². The van der Waals surface area contributed by atoms with Gasteiger partial charge in [0.1, 0.15) is 0 Å². The summed E-state index contributed by atoms with van der Waals surface area (Å²) in [7, 11) is 0. The molecule has 0 saturated carbocycles. The van der Waals surface area contributed by atoms with E-state index in [1.54, 1.807) is 19.1 Å². The summed E-state index contributed by atoms with van der Waals surface area (Å²) in [4.78, 5) is 13.4. The molecule has 1 aromatic rings. The van der Waals surface area contributed by atoms with E-state index in [-0.39, 0.29) is 25.9 Å². The quantitative estimate of drug-likeness (QED) is 0.685. The van der Waals surface area contributed by atoms with Crippen LogP contribution in [0, 0.1) is 0 Å². The summed E-state index contributed by atoms with van der Waals surface area (Å²) in [5.74, 6) is -3.02. The SMILES string of the molecule is CCOC(=O)c1ccc(N2CCC(F)(F)CC2)c(N)c1. The second-order valence-corrected chi connectivity index (χ2v) is 4.84. The largest absolute Gasteiger partial charge is 0.462 e. The summed E-state index contributed by atoms with van der Waals surface area (Å²) >= 11 is 0. The average Bonchev–Trinajstić information content (AvgIpc) is 2.39. The van der Waals surface area contributed by atoms with Gasteiger partial charge in [0.25, 0.3) is 5.92 Å². The van der Waals surface area contributed by atoms with Crippen LogP contribution in [0.5, 0.6) is 0 Å². The Hall–Kier alpha value is -1.85. The monoisotopic (exact) mass is 284 g/mol. The molecule has 4 nitrogen and oxygen atoms in total. The normalized spacial score (nSPS) is 17.9. The van der Waals surface area contributed by atoms with Crippen LogP contribution in [0.15, 0.2) is 18.2 Å². The Balaban J connectivity index is 2.12. The highest BCUT2D eigenvalue weighted by Gasteiger charge is 2.34. The highest BCUT2D eigenvalue weighted by Crippen LogP contribution is 2.33. The average molecular weight is 284 g/mol. The second-order valence-electron chi connectivity index (χ2n) is 4.84. The maximum Gasteiger partial charge on any atom is 0.338 e. The van der Waals surface area contributed by atoms with Gasteiger partial charge in [0.2, 0.25) is 0 Å². The lowest BCUT2D eigenvalue weighted by molar-refractivity contribution is -0.0220. The first-order valence-electron chi connectivity index (χ1n) is 6.62. The number of ether oxygens (including phenoxy) is 1. The third-order valence-electron chi connectivity index (χ3n) is 3.37. The van der Waals surface area contributed by atoms with Crippen LogP contribution in [0.25, 0.3) is 0 Å². The third-order valence-corrected chi connectivity index (χ3v) is 3.37. The van der Waals surface area contributed by atoms with Crippen molar-refractivity contribution in [3.8, 4) is 0 Å². The van der Waals surface area contributed by atoms with Crippen molar-refractivity contribution in [2.45, 2.75) is 25.7 Å². The zero-order valence-electron chi connectivity index (χ0n) is 11.4. The maximum atomic E-state index is 13.1. The molecular weight excluding hydrogens is 266 g/mol. The molecule has 110 valence electrons. The molecule has 0 spiro atoms. The maximum absolute atomic E-state index is 13.1. The standard InChI is InChI=1S/C14H18F2N2O2/c1-2-20-13(19)10-3-4-12(11(17)9-10)18-7-5-14(15,16)6-8-18/h3-4,9H,2,5-8,17H2,1H3. The molecule has 0 radical (unpaired) electrons. The Labute approximate surface area is 116 Å². The van der Waals surface area contributed by atoms with Gasteiger partial charge in [-0.2, -0.15) is 0 Å². The predicted octanol–water partition coefficient (Wildman–Crippen LogP) is 2.68. The molecule has 1 saturated heterocycles. The second kappa shape index (κ2) is 5.64. The molecule has 0 atom stereocenters. The fourth-order valence-corrected chi connectivity index (χ4v) is 2.26. The van der Waals surface area contributed by atoms with E-state index in [0.29, 0.717) is 23.5 Å². The van der Waals surface area contributed by atoms with Crippen LogP contribution < -0.4 is 10.6 Å². The Morgan fingerprint density at radius 1 is 1.40 bits per heavy atom. The van der Waals surface area contributed by atoms with Crippen LogP contribution in [-0.4, -0.2) is 31.6 Å². The Morgan fingerprint density at radius 2 is 2.05 bits per heavy atom. The van der Waals surface area contributed by atoms with Gasteiger partial charge < -0.3 is 15.4 Å². The van der Waals surface area contributed by atoms with E-state index in [4.69, 9.17) is 10.5 Å². The zero-order chi connectivity index (χ0) is 14.8. The number of nitrogen functional groups attached to an aromatic ring is 1. The Bertz CT molecular complexity index is 496. The number of hydrogen-bond donors (Lipinski definition) is 1. The number of anilines is 2. The van der Waals surface area contributed by atoms with E-state index in [1.807, 2.05) is 4.90 Å². The molecule has 0 unspecified atom stereocenters. The smallest absolute Gasteiger partial charge is 0.338 e. The van der Waals surface area contributed by atoms with Crippen molar-refractivity contribution < 1.29 is 18.3 Å². The summed E-state index contributed by atoms with van der Waals surface area (Å²) in [6.45, 7) is 2.54. The molecule has 2 N–H and O–H groups in total. The van der Waals surface area contributed by atoms with Crippen molar-refractivity contribution in [2.75, 3.05) is 30.3 Å². The number of halogens is 2. The van der Waals surface area contributed by atoms with E-state index in [9.17, 15) is 13.6 Å². The molecule has 0 amide bonds. The number of nitrogens with two attached hydrogens (primary N) is 1. The van der Waals surface area contributed by atoms with Gasteiger partial charge in [0, 0.05) is 25.9 Å². The summed E-state index contributed by atoms with van der Waals surface area (Å²) in [5.41, 5.74) is 7.38. The van der Waals surface area contributed by atoms with Gasteiger partial charge >= 0.3 is 5.97 Å². The third kappa shape index (κ3) is 3.18. The van der Waals surface area contributed by atoms with Gasteiger partial charge in [-0.15, -0.1) is 0 Å². The molecule has 1 aromatic carbocycles. The van der Waals surface area contributed by atoms with E-state index < -0.39 is 11.9 Å². The number of esters is 1. The Morgan fingerprint density at radius 3 is 2.60 bits per heavy atom. The number of alkyl halides is 2. The van der Waals surface area contributed by atoms with Crippen LogP contribution in [0.4, 0.5) is 20.2 Å². The minimum Gasteiger partial charge on any atom is -0.462 e. The van der Waals surface area contributed by atoms with E-state index >= 15 is 0 Å². The molecule has 1 heterocycles. The molecule has 2 rings (SSSR count). The highest BCUT2D eigenvalue weighted by molar-refractivity contribution is 5.92. The van der Waals surface area contributed by atoms with Gasteiger partial charge in [0.15, 0.2) is 0 Å². The molecule has 1 aliphatic heterocycles. The number of nitrogens with zero attached hydrogens (tertiary/aromatic N) is 1.